The monoisotopic (exact) mass is 544 g/mol. The second-order valence-electron chi connectivity index (χ2n) is 9.41. The number of nitro groups is 1. The summed E-state index contributed by atoms with van der Waals surface area (Å²) in [6.07, 6.45) is 2.31. The summed E-state index contributed by atoms with van der Waals surface area (Å²) in [5.41, 5.74) is 3.49. The van der Waals surface area contributed by atoms with E-state index in [-0.39, 0.29) is 37.7 Å². The molecule has 1 atom stereocenters. The molecule has 0 radical (unpaired) electrons. The van der Waals surface area contributed by atoms with Crippen molar-refractivity contribution in [3.63, 3.8) is 0 Å². The molecule has 12 nitrogen and oxygen atoms in total. The van der Waals surface area contributed by atoms with Crippen LogP contribution in [0.1, 0.15) is 45.2 Å². The first-order valence-corrected chi connectivity index (χ1v) is 12.7. The van der Waals surface area contributed by atoms with Gasteiger partial charge in [0.25, 0.3) is 11.6 Å². The van der Waals surface area contributed by atoms with Gasteiger partial charge in [0.05, 0.1) is 28.9 Å². The minimum Gasteiger partial charge on any atom is -0.465 e. The van der Waals surface area contributed by atoms with Crippen LogP contribution in [0.15, 0.2) is 48.7 Å². The third-order valence-corrected chi connectivity index (χ3v) is 6.60. The first-order valence-electron chi connectivity index (χ1n) is 12.7. The highest BCUT2D eigenvalue weighted by molar-refractivity contribution is 5.98. The van der Waals surface area contributed by atoms with E-state index in [4.69, 9.17) is 10.00 Å². The van der Waals surface area contributed by atoms with Gasteiger partial charge in [0.15, 0.2) is 0 Å². The van der Waals surface area contributed by atoms with Gasteiger partial charge in [0.2, 0.25) is 5.91 Å². The van der Waals surface area contributed by atoms with Crippen LogP contribution in [0, 0.1) is 28.4 Å². The van der Waals surface area contributed by atoms with Gasteiger partial charge in [-0.25, -0.2) is 0 Å². The number of esters is 1. The number of amides is 2. The number of ether oxygens (including phenoxy) is 1. The molecule has 0 saturated heterocycles. The Balaban J connectivity index is 1.55. The van der Waals surface area contributed by atoms with Crippen molar-refractivity contribution in [2.24, 2.45) is 0 Å². The third-order valence-electron chi connectivity index (χ3n) is 6.60. The number of aromatic nitrogens is 2. The van der Waals surface area contributed by atoms with Crippen molar-refractivity contribution >= 4 is 23.5 Å². The highest BCUT2D eigenvalue weighted by Crippen LogP contribution is 2.21. The van der Waals surface area contributed by atoms with Gasteiger partial charge < -0.3 is 15.0 Å². The molecule has 0 saturated carbocycles. The molecule has 2 aromatic carbocycles. The maximum Gasteiger partial charge on any atom is 0.327 e. The molecule has 2 amide bonds. The van der Waals surface area contributed by atoms with Crippen molar-refractivity contribution in [3.8, 4) is 6.07 Å². The number of nitriles is 1. The maximum absolute atomic E-state index is 13.8. The summed E-state index contributed by atoms with van der Waals surface area (Å²) in [5.74, 6) is -1.19. The van der Waals surface area contributed by atoms with Gasteiger partial charge in [-0.2, -0.15) is 10.4 Å². The van der Waals surface area contributed by atoms with Gasteiger partial charge in [-0.1, -0.05) is 12.1 Å². The zero-order chi connectivity index (χ0) is 28.8. The third kappa shape index (κ3) is 6.50. The van der Waals surface area contributed by atoms with Crippen LogP contribution in [0.3, 0.4) is 0 Å². The zero-order valence-electron chi connectivity index (χ0n) is 22.1. The number of carbonyl (C=O) groups excluding carboxylic acids is 3. The Morgan fingerprint density at radius 2 is 1.98 bits per heavy atom. The van der Waals surface area contributed by atoms with E-state index in [0.29, 0.717) is 35.2 Å². The van der Waals surface area contributed by atoms with E-state index in [1.807, 2.05) is 6.07 Å². The lowest BCUT2D eigenvalue weighted by atomic mass is 10.0. The number of fused-ring (bicyclic) bond motifs is 1. The quantitative estimate of drug-likeness (QED) is 0.244. The number of carbonyl (C=O) groups is 3. The molecule has 0 bridgehead atoms. The predicted molar refractivity (Wildman–Crippen MR) is 142 cm³/mol. The molecule has 1 aliphatic heterocycles. The fourth-order valence-electron chi connectivity index (χ4n) is 4.61. The number of hydrogen-bond acceptors (Lipinski definition) is 8. The van der Waals surface area contributed by atoms with Crippen molar-refractivity contribution < 1.29 is 24.0 Å². The van der Waals surface area contributed by atoms with Crippen LogP contribution in [0.4, 0.5) is 5.69 Å². The minimum atomic E-state index is -0.958. The predicted octanol–water partition coefficient (Wildman–Crippen LogP) is 2.46. The van der Waals surface area contributed by atoms with Crippen molar-refractivity contribution in [2.45, 2.75) is 45.8 Å². The average molecular weight is 545 g/mol. The molecular formula is C28H28N6O6. The second-order valence-corrected chi connectivity index (χ2v) is 9.41. The largest absolute Gasteiger partial charge is 0.465 e. The van der Waals surface area contributed by atoms with Gasteiger partial charge in [-0.05, 0) is 43.2 Å². The van der Waals surface area contributed by atoms with Gasteiger partial charge >= 0.3 is 5.97 Å². The summed E-state index contributed by atoms with van der Waals surface area (Å²) in [4.78, 5) is 51.0. The number of aryl methyl sites for hydroxylation is 1. The summed E-state index contributed by atoms with van der Waals surface area (Å²) in [7, 11) is 0. The van der Waals surface area contributed by atoms with Gasteiger partial charge in [0.1, 0.15) is 12.6 Å². The summed E-state index contributed by atoms with van der Waals surface area (Å²) in [5, 5.41) is 27.5. The van der Waals surface area contributed by atoms with Crippen LogP contribution in [0.2, 0.25) is 0 Å². The number of nitrogens with zero attached hydrogens (tertiary/aromatic N) is 5. The SMILES string of the molecule is CCOC(=O)Cn1cc2c(n1)CCN(C(=O)[C@H](Cc1ccc([N+](=O)[O-])cc1)NC(=O)c1ccc(C#N)cc1C)C2. The Kier molecular flexibility index (Phi) is 8.54. The lowest BCUT2D eigenvalue weighted by Crippen LogP contribution is -2.51. The Labute approximate surface area is 230 Å². The van der Waals surface area contributed by atoms with E-state index in [0.717, 1.165) is 11.3 Å². The number of benzene rings is 2. The molecular weight excluding hydrogens is 516 g/mol. The smallest absolute Gasteiger partial charge is 0.327 e. The van der Waals surface area contributed by atoms with Crippen LogP contribution in [-0.4, -0.2) is 56.6 Å². The van der Waals surface area contributed by atoms with E-state index in [2.05, 4.69) is 10.4 Å². The van der Waals surface area contributed by atoms with E-state index >= 15 is 0 Å². The van der Waals surface area contributed by atoms with Crippen molar-refractivity contribution in [1.82, 2.24) is 20.0 Å². The molecule has 4 rings (SSSR count). The minimum absolute atomic E-state index is 0.0302. The Hall–Kier alpha value is -5.05. The first kappa shape index (κ1) is 28.0. The van der Waals surface area contributed by atoms with Crippen LogP contribution < -0.4 is 5.32 Å². The molecule has 12 heteroatoms. The lowest BCUT2D eigenvalue weighted by molar-refractivity contribution is -0.384. The number of nitro benzene ring substituents is 1. The van der Waals surface area contributed by atoms with Crippen LogP contribution in [0.5, 0.6) is 0 Å². The number of hydrogen-bond donors (Lipinski definition) is 1. The normalized spacial score (nSPS) is 13.1. The lowest BCUT2D eigenvalue weighted by Gasteiger charge is -2.30. The Bertz CT molecular complexity index is 1490. The molecule has 1 aliphatic rings. The molecule has 0 fully saturated rings. The first-order chi connectivity index (χ1) is 19.2. The van der Waals surface area contributed by atoms with E-state index in [9.17, 15) is 24.5 Å². The highest BCUT2D eigenvalue weighted by Gasteiger charge is 2.31. The topological polar surface area (TPSA) is 160 Å². The molecule has 3 aromatic rings. The van der Waals surface area contributed by atoms with Gasteiger partial charge in [-0.15, -0.1) is 0 Å². The summed E-state index contributed by atoms with van der Waals surface area (Å²) in [6, 6.07) is 11.6. The van der Waals surface area contributed by atoms with Crippen molar-refractivity contribution in [3.05, 3.63) is 92.3 Å². The van der Waals surface area contributed by atoms with Crippen LogP contribution in [-0.2, 0) is 40.3 Å². The number of non-ortho nitro benzene ring substituents is 1. The maximum atomic E-state index is 13.8. The Morgan fingerprint density at radius 1 is 1.23 bits per heavy atom. The fraction of sp³-hybridized carbons (Fsp3) is 0.321. The fourth-order valence-corrected chi connectivity index (χ4v) is 4.61. The summed E-state index contributed by atoms with van der Waals surface area (Å²) >= 11 is 0. The van der Waals surface area contributed by atoms with Gasteiger partial charge in [0, 0.05) is 55.4 Å². The zero-order valence-corrected chi connectivity index (χ0v) is 22.1. The number of nitrogens with one attached hydrogen (secondary N) is 1. The van der Waals surface area contributed by atoms with Crippen molar-refractivity contribution in [2.75, 3.05) is 13.2 Å². The number of rotatable bonds is 9. The van der Waals surface area contributed by atoms with Crippen molar-refractivity contribution in [1.29, 1.82) is 5.26 Å². The summed E-state index contributed by atoms with van der Waals surface area (Å²) in [6.45, 7) is 4.29. The van der Waals surface area contributed by atoms with E-state index < -0.39 is 22.8 Å². The van der Waals surface area contributed by atoms with Gasteiger partial charge in [-0.3, -0.25) is 29.2 Å². The van der Waals surface area contributed by atoms with E-state index in [1.165, 1.54) is 22.9 Å². The molecule has 1 N–H and O–H groups in total. The highest BCUT2D eigenvalue weighted by atomic mass is 16.6. The molecule has 0 unspecified atom stereocenters. The molecule has 1 aromatic heterocycles. The Morgan fingerprint density at radius 3 is 2.62 bits per heavy atom. The molecule has 0 spiro atoms. The van der Waals surface area contributed by atoms with Crippen LogP contribution in [0.25, 0.3) is 0 Å². The van der Waals surface area contributed by atoms with Crippen LogP contribution >= 0.6 is 0 Å². The molecule has 0 aliphatic carbocycles. The molecule has 2 heterocycles. The molecule has 206 valence electrons. The second kappa shape index (κ2) is 12.2. The summed E-state index contributed by atoms with van der Waals surface area (Å²) < 4.78 is 6.48. The average Bonchev–Trinajstić information content (AvgIpc) is 3.33. The molecule has 40 heavy (non-hydrogen) atoms. The van der Waals surface area contributed by atoms with E-state index in [1.54, 1.807) is 49.2 Å². The standard InChI is InChI=1S/C28H28N6O6/c1-3-40-26(35)17-33-16-21-15-32(11-10-24(21)31-33)28(37)25(13-19-4-7-22(8-5-19)34(38)39)30-27(36)23-9-6-20(14-29)12-18(23)2/h4-9,12,16,25H,3,10-11,13,15,17H2,1-2H3,(H,30,36)/t25-/m0/s1.